The van der Waals surface area contributed by atoms with Crippen LogP contribution in [0.2, 0.25) is 0 Å². The van der Waals surface area contributed by atoms with Gasteiger partial charge in [-0.05, 0) is 20.2 Å². The first kappa shape index (κ1) is 13.7. The Balaban J connectivity index is 1.66. The Morgan fingerprint density at radius 1 is 1.35 bits per heavy atom. The second kappa shape index (κ2) is 6.03. The molecular weight excluding hydrogens is 256 g/mol. The molecule has 20 heavy (non-hydrogen) atoms. The summed E-state index contributed by atoms with van der Waals surface area (Å²) in [6.45, 7) is 4.08. The van der Waals surface area contributed by atoms with E-state index in [1.54, 1.807) is 12.4 Å². The lowest BCUT2D eigenvalue weighted by Crippen LogP contribution is -2.33. The molecule has 0 unspecified atom stereocenters. The van der Waals surface area contributed by atoms with Crippen LogP contribution in [0.25, 0.3) is 0 Å². The number of hydrogen-bond acceptors (Lipinski definition) is 6. The van der Waals surface area contributed by atoms with Crippen molar-refractivity contribution in [2.24, 2.45) is 5.92 Å². The summed E-state index contributed by atoms with van der Waals surface area (Å²) in [5.74, 6) is 1.22. The van der Waals surface area contributed by atoms with E-state index >= 15 is 0 Å². The third kappa shape index (κ3) is 2.77. The number of rotatable bonds is 5. The number of ether oxygens (including phenoxy) is 2. The molecule has 0 amide bonds. The number of fused-ring (bicyclic) bond motifs is 1. The van der Waals surface area contributed by atoms with Crippen molar-refractivity contribution in [2.45, 2.75) is 12.1 Å². The van der Waals surface area contributed by atoms with Gasteiger partial charge in [-0.1, -0.05) is 0 Å². The Morgan fingerprint density at radius 2 is 2.15 bits per heavy atom. The maximum Gasteiger partial charge on any atom is 0.225 e. The Hall–Kier alpha value is -1.24. The predicted molar refractivity (Wildman–Crippen MR) is 75.8 cm³/mol. The van der Waals surface area contributed by atoms with Crippen LogP contribution in [-0.4, -0.2) is 74.0 Å². The van der Waals surface area contributed by atoms with Crippen LogP contribution in [0.15, 0.2) is 18.5 Å². The van der Waals surface area contributed by atoms with Crippen molar-refractivity contribution in [2.75, 3.05) is 51.9 Å². The van der Waals surface area contributed by atoms with Gasteiger partial charge >= 0.3 is 0 Å². The molecule has 1 aromatic heterocycles. The summed E-state index contributed by atoms with van der Waals surface area (Å²) in [4.78, 5) is 13.1. The molecular formula is C14H22N4O2. The summed E-state index contributed by atoms with van der Waals surface area (Å²) in [5.41, 5.74) is 0. The van der Waals surface area contributed by atoms with Crippen molar-refractivity contribution < 1.29 is 9.47 Å². The van der Waals surface area contributed by atoms with E-state index in [1.165, 1.54) is 0 Å². The third-order valence-electron chi connectivity index (χ3n) is 4.03. The van der Waals surface area contributed by atoms with E-state index in [1.807, 2.05) is 6.07 Å². The summed E-state index contributed by atoms with van der Waals surface area (Å²) in [5, 5.41) is 0. The van der Waals surface area contributed by atoms with Gasteiger partial charge in [-0.25, -0.2) is 9.97 Å². The lowest BCUT2D eigenvalue weighted by Gasteiger charge is -2.21. The Morgan fingerprint density at radius 3 is 2.90 bits per heavy atom. The van der Waals surface area contributed by atoms with Crippen LogP contribution >= 0.6 is 0 Å². The van der Waals surface area contributed by atoms with Crippen LogP contribution in [0.5, 0.6) is 0 Å². The second-order valence-corrected chi connectivity index (χ2v) is 5.68. The molecule has 2 saturated heterocycles. The van der Waals surface area contributed by atoms with E-state index in [-0.39, 0.29) is 6.10 Å². The molecule has 2 aliphatic heterocycles. The van der Waals surface area contributed by atoms with Crippen molar-refractivity contribution in [3.63, 3.8) is 0 Å². The van der Waals surface area contributed by atoms with Gasteiger partial charge in [0.05, 0.1) is 32.0 Å². The highest BCUT2D eigenvalue weighted by atomic mass is 16.5. The van der Waals surface area contributed by atoms with Crippen molar-refractivity contribution in [3.05, 3.63) is 18.5 Å². The minimum absolute atomic E-state index is 0.214. The molecule has 2 aliphatic rings. The predicted octanol–water partition coefficient (Wildman–Crippen LogP) is 0.258. The Labute approximate surface area is 119 Å². The minimum atomic E-state index is 0.214. The average molecular weight is 278 g/mol. The molecule has 3 heterocycles. The van der Waals surface area contributed by atoms with Crippen LogP contribution in [0, 0.1) is 5.92 Å². The van der Waals surface area contributed by atoms with Crippen LogP contribution in [0.3, 0.4) is 0 Å². The SMILES string of the molecule is CN(C)CCO[C@H]1CN(c2ncccn2)[C@H]2COC[C@@H]12. The molecule has 3 atom stereocenters. The van der Waals surface area contributed by atoms with Gasteiger partial charge in [0.15, 0.2) is 0 Å². The number of hydrogen-bond donors (Lipinski definition) is 0. The molecule has 110 valence electrons. The average Bonchev–Trinajstić information content (AvgIpc) is 3.03. The van der Waals surface area contributed by atoms with Gasteiger partial charge in [-0.2, -0.15) is 0 Å². The molecule has 0 radical (unpaired) electrons. The minimum Gasteiger partial charge on any atom is -0.379 e. The molecule has 6 heteroatoms. The van der Waals surface area contributed by atoms with Crippen molar-refractivity contribution in [1.82, 2.24) is 14.9 Å². The van der Waals surface area contributed by atoms with Gasteiger partial charge in [-0.3, -0.25) is 0 Å². The zero-order valence-electron chi connectivity index (χ0n) is 12.1. The van der Waals surface area contributed by atoms with Crippen molar-refractivity contribution >= 4 is 5.95 Å². The Kier molecular flexibility index (Phi) is 4.14. The maximum absolute atomic E-state index is 6.06. The fourth-order valence-electron chi connectivity index (χ4n) is 2.93. The van der Waals surface area contributed by atoms with Crippen molar-refractivity contribution in [3.8, 4) is 0 Å². The number of likely N-dealkylation sites (N-methyl/N-ethyl adjacent to an activating group) is 1. The monoisotopic (exact) mass is 278 g/mol. The first-order valence-corrected chi connectivity index (χ1v) is 7.13. The maximum atomic E-state index is 6.06. The number of nitrogens with zero attached hydrogens (tertiary/aromatic N) is 4. The molecule has 1 aromatic rings. The van der Waals surface area contributed by atoms with E-state index < -0.39 is 0 Å². The summed E-state index contributed by atoms with van der Waals surface area (Å²) in [6.07, 6.45) is 3.78. The smallest absolute Gasteiger partial charge is 0.225 e. The third-order valence-corrected chi connectivity index (χ3v) is 4.03. The highest BCUT2D eigenvalue weighted by Gasteiger charge is 2.46. The molecule has 3 rings (SSSR count). The highest BCUT2D eigenvalue weighted by molar-refractivity contribution is 5.35. The second-order valence-electron chi connectivity index (χ2n) is 5.68. The zero-order chi connectivity index (χ0) is 13.9. The summed E-state index contributed by atoms with van der Waals surface area (Å²) in [6, 6.07) is 2.19. The summed E-state index contributed by atoms with van der Waals surface area (Å²) < 4.78 is 11.7. The first-order valence-electron chi connectivity index (χ1n) is 7.13. The molecule has 0 bridgehead atoms. The number of aromatic nitrogens is 2. The molecule has 2 fully saturated rings. The standard InChI is InChI=1S/C14H22N4O2/c1-17(2)6-7-20-13-8-18(12-10-19-9-11(12)13)14-15-4-3-5-16-14/h3-5,11-13H,6-10H2,1-2H3/t11-,12+,13+/m1/s1. The summed E-state index contributed by atoms with van der Waals surface area (Å²) in [7, 11) is 4.12. The molecule has 0 aromatic carbocycles. The highest BCUT2D eigenvalue weighted by Crippen LogP contribution is 2.33. The topological polar surface area (TPSA) is 50.7 Å². The first-order chi connectivity index (χ1) is 9.75. The van der Waals surface area contributed by atoms with Gasteiger partial charge in [0.2, 0.25) is 5.95 Å². The van der Waals surface area contributed by atoms with E-state index in [2.05, 4.69) is 33.9 Å². The lowest BCUT2D eigenvalue weighted by molar-refractivity contribution is 0.0204. The van der Waals surface area contributed by atoms with Gasteiger partial charge in [0, 0.05) is 31.4 Å². The normalized spacial score (nSPS) is 29.1. The van der Waals surface area contributed by atoms with Gasteiger partial charge in [0.25, 0.3) is 0 Å². The van der Waals surface area contributed by atoms with Gasteiger partial charge < -0.3 is 19.3 Å². The van der Waals surface area contributed by atoms with Gasteiger partial charge in [-0.15, -0.1) is 0 Å². The van der Waals surface area contributed by atoms with E-state index in [9.17, 15) is 0 Å². The summed E-state index contributed by atoms with van der Waals surface area (Å²) >= 11 is 0. The molecule has 0 spiro atoms. The van der Waals surface area contributed by atoms with Crippen LogP contribution < -0.4 is 4.90 Å². The van der Waals surface area contributed by atoms with Crippen LogP contribution in [0.1, 0.15) is 0 Å². The fraction of sp³-hybridized carbons (Fsp3) is 0.714. The van der Waals surface area contributed by atoms with Gasteiger partial charge in [0.1, 0.15) is 0 Å². The van der Waals surface area contributed by atoms with Crippen LogP contribution in [-0.2, 0) is 9.47 Å². The van der Waals surface area contributed by atoms with E-state index in [0.29, 0.717) is 12.0 Å². The largest absolute Gasteiger partial charge is 0.379 e. The molecule has 6 nitrogen and oxygen atoms in total. The molecule has 0 saturated carbocycles. The number of anilines is 1. The fourth-order valence-corrected chi connectivity index (χ4v) is 2.93. The Bertz CT molecular complexity index is 428. The van der Waals surface area contributed by atoms with Crippen molar-refractivity contribution in [1.29, 1.82) is 0 Å². The molecule has 0 aliphatic carbocycles. The zero-order valence-corrected chi connectivity index (χ0v) is 12.1. The van der Waals surface area contributed by atoms with Crippen LogP contribution in [0.4, 0.5) is 5.95 Å². The lowest BCUT2D eigenvalue weighted by atomic mass is 10.0. The quantitative estimate of drug-likeness (QED) is 0.770. The van der Waals surface area contributed by atoms with E-state index in [4.69, 9.17) is 9.47 Å². The van der Waals surface area contributed by atoms with E-state index in [0.717, 1.165) is 38.9 Å². The molecule has 0 N–H and O–H groups in total.